The number of amides is 1. The average molecular weight is 388 g/mol. The van der Waals surface area contributed by atoms with Crippen molar-refractivity contribution in [3.05, 3.63) is 56.5 Å². The fourth-order valence-electron chi connectivity index (χ4n) is 2.53. The van der Waals surface area contributed by atoms with Crippen molar-refractivity contribution < 1.29 is 9.72 Å². The first-order valence-electron chi connectivity index (χ1n) is 8.12. The third-order valence-electron chi connectivity index (χ3n) is 3.63. The van der Waals surface area contributed by atoms with Gasteiger partial charge in [-0.1, -0.05) is 31.2 Å². The number of thioether (sulfide) groups is 1. The summed E-state index contributed by atoms with van der Waals surface area (Å²) in [6.07, 6.45) is 1.51. The lowest BCUT2D eigenvalue weighted by Crippen LogP contribution is -2.15. The van der Waals surface area contributed by atoms with Gasteiger partial charge in [0.2, 0.25) is 11.7 Å². The molecule has 0 spiro atoms. The van der Waals surface area contributed by atoms with Gasteiger partial charge < -0.3 is 5.32 Å². The quantitative estimate of drug-likeness (QED) is 0.359. The van der Waals surface area contributed by atoms with Gasteiger partial charge in [0.05, 0.1) is 10.7 Å². The van der Waals surface area contributed by atoms with Gasteiger partial charge in [-0.05, 0) is 12.5 Å². The maximum Gasteiger partial charge on any atom is 0.271 e. The largest absolute Gasteiger partial charge is 0.325 e. The Balaban J connectivity index is 1.73. The molecule has 0 unspecified atom stereocenters. The fourth-order valence-corrected chi connectivity index (χ4v) is 3.29. The van der Waals surface area contributed by atoms with Gasteiger partial charge in [-0.15, -0.1) is 10.2 Å². The van der Waals surface area contributed by atoms with Crippen LogP contribution in [0, 0.1) is 10.1 Å². The summed E-state index contributed by atoms with van der Waals surface area (Å²) in [6.45, 7) is 2.00. The molecule has 11 heteroatoms. The number of carbonyl (C=O) groups is 1. The second-order valence-electron chi connectivity index (χ2n) is 5.66. The fraction of sp³-hybridized carbons (Fsp3) is 0.250. The number of fused-ring (bicyclic) bond motifs is 1. The van der Waals surface area contributed by atoms with Crippen molar-refractivity contribution in [3.8, 4) is 0 Å². The molecule has 0 fully saturated rings. The van der Waals surface area contributed by atoms with Gasteiger partial charge in [0, 0.05) is 29.6 Å². The van der Waals surface area contributed by atoms with Crippen LogP contribution in [0.3, 0.4) is 0 Å². The van der Waals surface area contributed by atoms with Gasteiger partial charge in [0.25, 0.3) is 11.2 Å². The number of hydrogen-bond acceptors (Lipinski definition) is 7. The molecule has 1 amide bonds. The van der Waals surface area contributed by atoms with Crippen molar-refractivity contribution >= 4 is 34.8 Å². The normalized spacial score (nSPS) is 10.9. The first kappa shape index (κ1) is 18.6. The predicted octanol–water partition coefficient (Wildman–Crippen LogP) is 2.01. The molecule has 3 rings (SSSR count). The Hall–Kier alpha value is -3.21. The van der Waals surface area contributed by atoms with E-state index in [1.807, 2.05) is 6.92 Å². The van der Waals surface area contributed by atoms with Crippen molar-refractivity contribution in [2.24, 2.45) is 0 Å². The Bertz CT molecular complexity index is 1060. The molecule has 10 nitrogen and oxygen atoms in total. The number of anilines is 1. The second kappa shape index (κ2) is 7.99. The van der Waals surface area contributed by atoms with Crippen LogP contribution in [0.4, 0.5) is 11.4 Å². The number of H-pyrrole nitrogens is 1. The summed E-state index contributed by atoms with van der Waals surface area (Å²) in [5.74, 6) is 0.0278. The molecule has 2 heterocycles. The summed E-state index contributed by atoms with van der Waals surface area (Å²) >= 11 is 1.16. The van der Waals surface area contributed by atoms with Gasteiger partial charge in [0.1, 0.15) is 0 Å². The Kier molecular flexibility index (Phi) is 5.50. The van der Waals surface area contributed by atoms with Gasteiger partial charge >= 0.3 is 0 Å². The molecule has 0 atom stereocenters. The van der Waals surface area contributed by atoms with Crippen LogP contribution in [0.2, 0.25) is 0 Å². The van der Waals surface area contributed by atoms with Crippen molar-refractivity contribution in [1.82, 2.24) is 19.6 Å². The van der Waals surface area contributed by atoms with E-state index < -0.39 is 4.92 Å². The minimum atomic E-state index is -0.525. The van der Waals surface area contributed by atoms with E-state index in [4.69, 9.17) is 0 Å². The summed E-state index contributed by atoms with van der Waals surface area (Å²) in [5, 5.41) is 21.9. The molecule has 0 aliphatic rings. The number of rotatable bonds is 7. The molecule has 0 saturated carbocycles. The number of benzene rings is 1. The van der Waals surface area contributed by atoms with Crippen molar-refractivity contribution in [3.63, 3.8) is 0 Å². The maximum absolute atomic E-state index is 12.2. The molecule has 0 aliphatic heterocycles. The van der Waals surface area contributed by atoms with E-state index in [1.54, 1.807) is 10.5 Å². The van der Waals surface area contributed by atoms with E-state index in [-0.39, 0.29) is 22.9 Å². The van der Waals surface area contributed by atoms with Crippen LogP contribution in [0.1, 0.15) is 19.0 Å². The highest BCUT2D eigenvalue weighted by Crippen LogP contribution is 2.20. The van der Waals surface area contributed by atoms with Crippen LogP contribution in [0.15, 0.2) is 40.3 Å². The van der Waals surface area contributed by atoms with Gasteiger partial charge in [-0.3, -0.25) is 29.1 Å². The van der Waals surface area contributed by atoms with Crippen LogP contribution in [0.5, 0.6) is 0 Å². The van der Waals surface area contributed by atoms with Crippen LogP contribution < -0.4 is 10.9 Å². The number of nitrogens with zero attached hydrogens (tertiary/aromatic N) is 4. The van der Waals surface area contributed by atoms with Gasteiger partial charge in [-0.2, -0.15) is 0 Å². The molecule has 0 bridgehead atoms. The van der Waals surface area contributed by atoms with Crippen LogP contribution >= 0.6 is 11.8 Å². The molecular formula is C16H16N6O4S. The number of aromatic nitrogens is 4. The van der Waals surface area contributed by atoms with Crippen molar-refractivity contribution in [2.45, 2.75) is 24.9 Å². The molecule has 2 aromatic heterocycles. The summed E-state index contributed by atoms with van der Waals surface area (Å²) in [7, 11) is 0. The minimum Gasteiger partial charge on any atom is -0.325 e. The molecule has 0 radical (unpaired) electrons. The molecule has 0 aliphatic carbocycles. The summed E-state index contributed by atoms with van der Waals surface area (Å²) in [5.41, 5.74) is 0.759. The van der Waals surface area contributed by atoms with Crippen molar-refractivity contribution in [2.75, 3.05) is 11.1 Å². The Morgan fingerprint density at radius 3 is 2.93 bits per heavy atom. The Labute approximate surface area is 157 Å². The molecule has 2 N–H and O–H groups in total. The number of hydrogen-bond donors (Lipinski definition) is 2. The lowest BCUT2D eigenvalue weighted by atomic mass is 10.2. The molecule has 1 aromatic carbocycles. The van der Waals surface area contributed by atoms with E-state index in [2.05, 4.69) is 20.5 Å². The molecular weight excluding hydrogens is 372 g/mol. The van der Waals surface area contributed by atoms with Crippen LogP contribution in [-0.2, 0) is 11.2 Å². The Morgan fingerprint density at radius 1 is 1.37 bits per heavy atom. The predicted molar refractivity (Wildman–Crippen MR) is 100 cm³/mol. The standard InChI is InChI=1S/C16H16N6O4S/c1-2-4-11-8-13(23)18-15-19-20-16(21(11)15)27-9-14(24)17-10-5-3-6-12(7-10)22(25)26/h3,5-8H,2,4,9H2,1H3,(H,17,24)(H,18,19,23). The lowest BCUT2D eigenvalue weighted by Gasteiger charge is -2.07. The zero-order valence-electron chi connectivity index (χ0n) is 14.3. The van der Waals surface area contributed by atoms with E-state index in [9.17, 15) is 19.7 Å². The Morgan fingerprint density at radius 2 is 2.19 bits per heavy atom. The summed E-state index contributed by atoms with van der Waals surface area (Å²) in [6, 6.07) is 7.21. The minimum absolute atomic E-state index is 0.0359. The van der Waals surface area contributed by atoms with Gasteiger partial charge in [-0.25, -0.2) is 0 Å². The van der Waals surface area contributed by atoms with Gasteiger partial charge in [0.15, 0.2) is 5.16 Å². The number of carbonyl (C=O) groups excluding carboxylic acids is 1. The first-order chi connectivity index (χ1) is 13.0. The number of nitro groups is 1. The summed E-state index contributed by atoms with van der Waals surface area (Å²) in [4.78, 5) is 36.7. The van der Waals surface area contributed by atoms with Crippen LogP contribution in [0.25, 0.3) is 5.78 Å². The second-order valence-corrected chi connectivity index (χ2v) is 6.60. The van der Waals surface area contributed by atoms with Crippen LogP contribution in [-0.4, -0.2) is 36.2 Å². The third-order valence-corrected chi connectivity index (χ3v) is 4.56. The maximum atomic E-state index is 12.2. The highest BCUT2D eigenvalue weighted by Gasteiger charge is 2.14. The third kappa shape index (κ3) is 4.31. The highest BCUT2D eigenvalue weighted by atomic mass is 32.2. The first-order valence-corrected chi connectivity index (χ1v) is 9.11. The van der Waals surface area contributed by atoms with E-state index in [1.165, 1.54) is 24.3 Å². The number of non-ortho nitro benzene ring substituents is 1. The van der Waals surface area contributed by atoms with E-state index in [0.717, 1.165) is 23.9 Å². The molecule has 3 aromatic rings. The monoisotopic (exact) mass is 388 g/mol. The number of aromatic amines is 1. The lowest BCUT2D eigenvalue weighted by molar-refractivity contribution is -0.384. The number of aryl methyl sites for hydroxylation is 1. The topological polar surface area (TPSA) is 135 Å². The summed E-state index contributed by atoms with van der Waals surface area (Å²) < 4.78 is 1.72. The zero-order valence-corrected chi connectivity index (χ0v) is 15.2. The van der Waals surface area contributed by atoms with Crippen molar-refractivity contribution in [1.29, 1.82) is 0 Å². The molecule has 140 valence electrons. The van der Waals surface area contributed by atoms with E-state index >= 15 is 0 Å². The number of nitrogens with one attached hydrogen (secondary N) is 2. The SMILES string of the molecule is CCCc1cc(=O)[nH]c2nnc(SCC(=O)Nc3cccc([N+](=O)[O-])c3)n12. The number of nitro benzene ring substituents is 1. The molecule has 0 saturated heterocycles. The van der Waals surface area contributed by atoms with E-state index in [0.29, 0.717) is 23.0 Å². The zero-order chi connectivity index (χ0) is 19.4. The smallest absolute Gasteiger partial charge is 0.271 e. The molecule has 27 heavy (non-hydrogen) atoms. The average Bonchev–Trinajstić information content (AvgIpc) is 3.03. The highest BCUT2D eigenvalue weighted by molar-refractivity contribution is 7.99.